The number of hydrogen-bond acceptors (Lipinski definition) is 7. The molecule has 0 N–H and O–H groups in total. The highest BCUT2D eigenvalue weighted by Crippen LogP contribution is 2.32. The second kappa shape index (κ2) is 8.68. The van der Waals surface area contributed by atoms with Crippen LogP contribution in [0.4, 0.5) is 0 Å². The molecule has 0 unspecified atom stereocenters. The van der Waals surface area contributed by atoms with Gasteiger partial charge in [0.2, 0.25) is 0 Å². The van der Waals surface area contributed by atoms with Crippen LogP contribution in [0.1, 0.15) is 13.8 Å². The first-order valence-corrected chi connectivity index (χ1v) is 9.04. The SMILES string of the molecule is COc1ccc(-c2cc3ccc(OCC(=O)OC(C)C)cc3oc2=O)cc1OC. The van der Waals surface area contributed by atoms with Gasteiger partial charge in [0.25, 0.3) is 0 Å². The zero-order chi connectivity index (χ0) is 21.0. The van der Waals surface area contributed by atoms with Crippen molar-refractivity contribution in [3.63, 3.8) is 0 Å². The van der Waals surface area contributed by atoms with E-state index in [0.717, 1.165) is 0 Å². The maximum absolute atomic E-state index is 12.5. The third-order valence-electron chi connectivity index (χ3n) is 4.13. The van der Waals surface area contributed by atoms with Crippen molar-refractivity contribution < 1.29 is 28.2 Å². The summed E-state index contributed by atoms with van der Waals surface area (Å²) in [5.74, 6) is 1.02. The van der Waals surface area contributed by atoms with E-state index in [-0.39, 0.29) is 12.7 Å². The molecule has 0 atom stereocenters. The van der Waals surface area contributed by atoms with Crippen LogP contribution in [-0.4, -0.2) is 32.9 Å². The topological polar surface area (TPSA) is 84.2 Å². The van der Waals surface area contributed by atoms with Gasteiger partial charge in [0.15, 0.2) is 18.1 Å². The highest BCUT2D eigenvalue weighted by molar-refractivity contribution is 5.83. The van der Waals surface area contributed by atoms with Gasteiger partial charge in [-0.15, -0.1) is 0 Å². The van der Waals surface area contributed by atoms with E-state index in [0.29, 0.717) is 39.3 Å². The predicted molar refractivity (Wildman–Crippen MR) is 108 cm³/mol. The second-order valence-corrected chi connectivity index (χ2v) is 6.54. The molecule has 29 heavy (non-hydrogen) atoms. The van der Waals surface area contributed by atoms with E-state index < -0.39 is 11.6 Å². The van der Waals surface area contributed by atoms with Crippen molar-refractivity contribution in [3.8, 4) is 28.4 Å². The van der Waals surface area contributed by atoms with Gasteiger partial charge < -0.3 is 23.4 Å². The number of rotatable bonds is 7. The predicted octanol–water partition coefficient (Wildman–Crippen LogP) is 3.81. The Balaban J connectivity index is 1.89. The summed E-state index contributed by atoms with van der Waals surface area (Å²) in [7, 11) is 3.08. The Morgan fingerprint density at radius 2 is 1.76 bits per heavy atom. The first kappa shape index (κ1) is 20.3. The number of hydrogen-bond donors (Lipinski definition) is 0. The number of carbonyl (C=O) groups is 1. The molecule has 152 valence electrons. The first-order valence-electron chi connectivity index (χ1n) is 9.04. The van der Waals surface area contributed by atoms with Crippen LogP contribution in [0.2, 0.25) is 0 Å². The maximum atomic E-state index is 12.5. The number of fused-ring (bicyclic) bond motifs is 1. The van der Waals surface area contributed by atoms with E-state index in [9.17, 15) is 9.59 Å². The van der Waals surface area contributed by atoms with Gasteiger partial charge in [-0.3, -0.25) is 0 Å². The summed E-state index contributed by atoms with van der Waals surface area (Å²) in [6.07, 6.45) is -0.212. The van der Waals surface area contributed by atoms with Gasteiger partial charge in [-0.1, -0.05) is 6.07 Å². The van der Waals surface area contributed by atoms with Crippen molar-refractivity contribution in [1.29, 1.82) is 0 Å². The highest BCUT2D eigenvalue weighted by Gasteiger charge is 2.13. The fourth-order valence-electron chi connectivity index (χ4n) is 2.83. The van der Waals surface area contributed by atoms with Gasteiger partial charge in [0.05, 0.1) is 25.9 Å². The standard InChI is InChI=1S/C22H22O7/c1-13(2)28-21(23)12-27-16-7-5-15-9-17(22(24)29-19(15)11-16)14-6-8-18(25-3)20(10-14)26-4/h5-11,13H,12H2,1-4H3. The lowest BCUT2D eigenvalue weighted by molar-refractivity contribution is -0.149. The van der Waals surface area contributed by atoms with Crippen LogP contribution in [0.15, 0.2) is 51.7 Å². The number of esters is 1. The average molecular weight is 398 g/mol. The molecule has 3 aromatic rings. The van der Waals surface area contributed by atoms with Crippen molar-refractivity contribution in [3.05, 3.63) is 52.9 Å². The molecule has 0 radical (unpaired) electrons. The average Bonchev–Trinajstić information content (AvgIpc) is 2.70. The maximum Gasteiger partial charge on any atom is 0.344 e. The monoisotopic (exact) mass is 398 g/mol. The minimum absolute atomic E-state index is 0.212. The van der Waals surface area contributed by atoms with Crippen LogP contribution in [-0.2, 0) is 9.53 Å². The minimum atomic E-state index is -0.499. The highest BCUT2D eigenvalue weighted by atomic mass is 16.6. The van der Waals surface area contributed by atoms with Gasteiger partial charge in [0, 0.05) is 11.5 Å². The summed E-state index contributed by atoms with van der Waals surface area (Å²) >= 11 is 0. The molecule has 0 fully saturated rings. The summed E-state index contributed by atoms with van der Waals surface area (Å²) in [6.45, 7) is 3.30. The minimum Gasteiger partial charge on any atom is -0.493 e. The molecule has 0 aliphatic rings. The Hall–Kier alpha value is -3.48. The van der Waals surface area contributed by atoms with E-state index in [1.54, 1.807) is 63.4 Å². The Bertz CT molecular complexity index is 1080. The van der Waals surface area contributed by atoms with E-state index >= 15 is 0 Å². The molecule has 0 bridgehead atoms. The van der Waals surface area contributed by atoms with Crippen molar-refractivity contribution in [2.75, 3.05) is 20.8 Å². The molecule has 0 aliphatic heterocycles. The third-order valence-corrected chi connectivity index (χ3v) is 4.13. The first-order chi connectivity index (χ1) is 13.9. The fraction of sp³-hybridized carbons (Fsp3) is 0.273. The quantitative estimate of drug-likeness (QED) is 0.442. The van der Waals surface area contributed by atoms with Gasteiger partial charge in [0.1, 0.15) is 11.3 Å². The van der Waals surface area contributed by atoms with E-state index in [4.69, 9.17) is 23.4 Å². The smallest absolute Gasteiger partial charge is 0.344 e. The Morgan fingerprint density at radius 1 is 1.00 bits per heavy atom. The normalized spacial score (nSPS) is 10.8. The summed E-state index contributed by atoms with van der Waals surface area (Å²) in [5, 5.41) is 0.714. The molecular formula is C22H22O7. The van der Waals surface area contributed by atoms with Gasteiger partial charge >= 0.3 is 11.6 Å². The summed E-state index contributed by atoms with van der Waals surface area (Å²) in [5.41, 5.74) is 0.901. The van der Waals surface area contributed by atoms with E-state index in [1.165, 1.54) is 7.11 Å². The van der Waals surface area contributed by atoms with Crippen LogP contribution in [0.3, 0.4) is 0 Å². The lowest BCUT2D eigenvalue weighted by atomic mass is 10.1. The van der Waals surface area contributed by atoms with Crippen LogP contribution in [0.25, 0.3) is 22.1 Å². The molecule has 1 aromatic heterocycles. The molecule has 3 rings (SSSR count). The number of carbonyl (C=O) groups excluding carboxylic acids is 1. The molecule has 0 spiro atoms. The van der Waals surface area contributed by atoms with Crippen LogP contribution in [0.5, 0.6) is 17.2 Å². The lowest BCUT2D eigenvalue weighted by Crippen LogP contribution is -2.18. The molecule has 7 nitrogen and oxygen atoms in total. The molecule has 0 amide bonds. The van der Waals surface area contributed by atoms with Crippen LogP contribution in [0, 0.1) is 0 Å². The summed E-state index contributed by atoms with van der Waals surface area (Å²) in [6, 6.07) is 12.0. The van der Waals surface area contributed by atoms with Crippen LogP contribution < -0.4 is 19.8 Å². The zero-order valence-corrected chi connectivity index (χ0v) is 16.7. The molecule has 7 heteroatoms. The zero-order valence-electron chi connectivity index (χ0n) is 16.7. The summed E-state index contributed by atoms with van der Waals surface area (Å²) in [4.78, 5) is 24.1. The Labute approximate surface area is 167 Å². The Kier molecular flexibility index (Phi) is 6.07. The van der Waals surface area contributed by atoms with Gasteiger partial charge in [-0.05, 0) is 49.7 Å². The molecular weight excluding hydrogens is 376 g/mol. The van der Waals surface area contributed by atoms with Crippen molar-refractivity contribution in [2.24, 2.45) is 0 Å². The number of benzene rings is 2. The summed E-state index contributed by atoms with van der Waals surface area (Å²) < 4.78 is 26.4. The second-order valence-electron chi connectivity index (χ2n) is 6.54. The molecule has 0 saturated carbocycles. The van der Waals surface area contributed by atoms with Crippen LogP contribution >= 0.6 is 0 Å². The number of ether oxygens (including phenoxy) is 4. The Morgan fingerprint density at radius 3 is 2.45 bits per heavy atom. The van der Waals surface area contributed by atoms with Crippen molar-refractivity contribution in [1.82, 2.24) is 0 Å². The lowest BCUT2D eigenvalue weighted by Gasteiger charge is -2.10. The molecule has 0 aliphatic carbocycles. The third kappa shape index (κ3) is 4.68. The molecule has 2 aromatic carbocycles. The number of methoxy groups -OCH3 is 2. The van der Waals surface area contributed by atoms with Gasteiger partial charge in [-0.2, -0.15) is 0 Å². The van der Waals surface area contributed by atoms with Gasteiger partial charge in [-0.25, -0.2) is 9.59 Å². The molecule has 0 saturated heterocycles. The van der Waals surface area contributed by atoms with Crippen molar-refractivity contribution in [2.45, 2.75) is 20.0 Å². The van der Waals surface area contributed by atoms with E-state index in [2.05, 4.69) is 0 Å². The molecule has 1 heterocycles. The fourth-order valence-corrected chi connectivity index (χ4v) is 2.83. The largest absolute Gasteiger partial charge is 0.493 e. The van der Waals surface area contributed by atoms with E-state index in [1.807, 2.05) is 0 Å². The van der Waals surface area contributed by atoms with Crippen molar-refractivity contribution >= 4 is 16.9 Å².